The number of nitrogens with zero attached hydrogens (tertiary/aromatic N) is 1. The zero-order valence-corrected chi connectivity index (χ0v) is 22.4. The fourth-order valence-electron chi connectivity index (χ4n) is 7.13. The van der Waals surface area contributed by atoms with Crippen molar-refractivity contribution in [2.45, 2.75) is 77.4 Å². The summed E-state index contributed by atoms with van der Waals surface area (Å²) in [5, 5.41) is 33.7. The van der Waals surface area contributed by atoms with E-state index in [2.05, 4.69) is 6.08 Å². The van der Waals surface area contributed by atoms with Gasteiger partial charge in [-0.05, 0) is 68.5 Å². The summed E-state index contributed by atoms with van der Waals surface area (Å²) in [6.45, 7) is 3.71. The molecule has 1 heterocycles. The Morgan fingerprint density at radius 2 is 1.76 bits per heavy atom. The maximum atomic E-state index is 13.6. The number of imide groups is 1. The van der Waals surface area contributed by atoms with Crippen molar-refractivity contribution >= 4 is 28.7 Å². The highest BCUT2D eigenvalue weighted by Gasteiger charge is 2.55. The number of carbonyl (C=O) groups is 2. The molecule has 1 saturated carbocycles. The van der Waals surface area contributed by atoms with E-state index < -0.39 is 23.9 Å². The molecule has 202 valence electrons. The largest absolute Gasteiger partial charge is 0.507 e. The van der Waals surface area contributed by atoms with Crippen molar-refractivity contribution in [3.8, 4) is 5.75 Å². The molecule has 5 rings (SSSR count). The summed E-state index contributed by atoms with van der Waals surface area (Å²) in [6, 6.07) is 11.3. The topological polar surface area (TPSA) is 98.1 Å². The van der Waals surface area contributed by atoms with Crippen LogP contribution in [0.5, 0.6) is 5.75 Å². The number of phenolic OH excluding ortho intramolecular Hbond substituents is 1. The molecule has 3 N–H and O–H groups in total. The molecule has 1 aliphatic heterocycles. The first-order chi connectivity index (χ1) is 18.3. The third kappa shape index (κ3) is 4.80. The van der Waals surface area contributed by atoms with Gasteiger partial charge in [-0.15, -0.1) is 0 Å². The molecule has 2 aliphatic carbocycles. The molecule has 0 aromatic heterocycles. The Morgan fingerprint density at radius 3 is 2.47 bits per heavy atom. The third-order valence-electron chi connectivity index (χ3n) is 9.01. The number of fused-ring (bicyclic) bond motifs is 2. The number of allylic oxidation sites excluding steroid dienone is 2. The number of hydrogen-bond donors (Lipinski definition) is 3. The second-order valence-corrected chi connectivity index (χ2v) is 11.5. The van der Waals surface area contributed by atoms with Crippen LogP contribution in [0.4, 0.5) is 0 Å². The van der Waals surface area contributed by atoms with Gasteiger partial charge in [0, 0.05) is 17.3 Å². The molecule has 0 unspecified atom stereocenters. The molecule has 6 heteroatoms. The van der Waals surface area contributed by atoms with E-state index in [1.165, 1.54) is 4.90 Å². The number of likely N-dealkylation sites (tertiary alicyclic amines) is 1. The van der Waals surface area contributed by atoms with Crippen molar-refractivity contribution in [1.82, 2.24) is 4.90 Å². The Labute approximate surface area is 224 Å². The first-order valence-corrected chi connectivity index (χ1v) is 14.0. The molecule has 2 aromatic rings. The predicted octanol–water partition coefficient (Wildman–Crippen LogP) is 5.35. The van der Waals surface area contributed by atoms with Crippen LogP contribution >= 0.6 is 0 Å². The minimum absolute atomic E-state index is 0.0221. The third-order valence-corrected chi connectivity index (χ3v) is 9.01. The summed E-state index contributed by atoms with van der Waals surface area (Å²) >= 11 is 0. The number of aromatic hydroxyl groups is 1. The zero-order valence-electron chi connectivity index (χ0n) is 22.4. The summed E-state index contributed by atoms with van der Waals surface area (Å²) in [4.78, 5) is 28.4. The minimum atomic E-state index is -0.792. The van der Waals surface area contributed by atoms with Gasteiger partial charge in [-0.3, -0.25) is 14.5 Å². The van der Waals surface area contributed by atoms with Gasteiger partial charge in [0.1, 0.15) is 5.75 Å². The van der Waals surface area contributed by atoms with E-state index in [4.69, 9.17) is 0 Å². The van der Waals surface area contributed by atoms with E-state index in [-0.39, 0.29) is 30.2 Å². The minimum Gasteiger partial charge on any atom is -0.507 e. The predicted molar refractivity (Wildman–Crippen MR) is 148 cm³/mol. The van der Waals surface area contributed by atoms with Crippen LogP contribution in [-0.2, 0) is 9.59 Å². The zero-order chi connectivity index (χ0) is 27.0. The van der Waals surface area contributed by atoms with Gasteiger partial charge in [-0.2, -0.15) is 0 Å². The Balaban J connectivity index is 1.32. The molecule has 4 atom stereocenters. The summed E-state index contributed by atoms with van der Waals surface area (Å²) in [5.74, 6) is -1.53. The lowest BCUT2D eigenvalue weighted by molar-refractivity contribution is -0.143. The number of aliphatic hydroxyl groups is 2. The normalized spacial score (nSPS) is 25.8. The quantitative estimate of drug-likeness (QED) is 0.340. The Bertz CT molecular complexity index is 1290. The fraction of sp³-hybridized carbons (Fsp3) is 0.500. The van der Waals surface area contributed by atoms with Crippen molar-refractivity contribution in [2.24, 2.45) is 17.8 Å². The number of hydrogen-bond acceptors (Lipinski definition) is 5. The lowest BCUT2D eigenvalue weighted by Crippen LogP contribution is -2.42. The van der Waals surface area contributed by atoms with Crippen LogP contribution in [0.25, 0.3) is 16.8 Å². The van der Waals surface area contributed by atoms with Crippen molar-refractivity contribution in [3.05, 3.63) is 58.7 Å². The van der Waals surface area contributed by atoms with Crippen molar-refractivity contribution in [3.63, 3.8) is 0 Å². The van der Waals surface area contributed by atoms with Gasteiger partial charge in [0.05, 0.1) is 24.5 Å². The average Bonchev–Trinajstić information content (AvgIpc) is 3.17. The van der Waals surface area contributed by atoms with Gasteiger partial charge in [-0.25, -0.2) is 0 Å². The molecule has 0 bridgehead atoms. The molecule has 0 spiro atoms. The van der Waals surface area contributed by atoms with E-state index in [1.807, 2.05) is 44.2 Å². The maximum absolute atomic E-state index is 13.6. The number of aliphatic hydroxyl groups excluding tert-OH is 2. The van der Waals surface area contributed by atoms with E-state index >= 15 is 0 Å². The smallest absolute Gasteiger partial charge is 0.234 e. The van der Waals surface area contributed by atoms with Gasteiger partial charge in [-0.1, -0.05) is 66.8 Å². The molecule has 2 aromatic carbocycles. The van der Waals surface area contributed by atoms with E-state index in [0.717, 1.165) is 65.2 Å². The molecule has 2 fully saturated rings. The van der Waals surface area contributed by atoms with Crippen LogP contribution in [-0.4, -0.2) is 50.8 Å². The lowest BCUT2D eigenvalue weighted by Gasteiger charge is -2.35. The lowest BCUT2D eigenvalue weighted by atomic mass is 9.68. The van der Waals surface area contributed by atoms with Gasteiger partial charge >= 0.3 is 0 Å². The average molecular weight is 518 g/mol. The Hall–Kier alpha value is -2.96. The van der Waals surface area contributed by atoms with Crippen molar-refractivity contribution < 1.29 is 24.9 Å². The highest BCUT2D eigenvalue weighted by Crippen LogP contribution is 2.47. The van der Waals surface area contributed by atoms with Crippen LogP contribution in [0, 0.1) is 17.8 Å². The van der Waals surface area contributed by atoms with Crippen molar-refractivity contribution in [2.75, 3.05) is 6.61 Å². The summed E-state index contributed by atoms with van der Waals surface area (Å²) in [7, 11) is 0. The Morgan fingerprint density at radius 1 is 1.05 bits per heavy atom. The van der Waals surface area contributed by atoms with Crippen LogP contribution in [0.2, 0.25) is 0 Å². The second kappa shape index (κ2) is 11.0. The van der Waals surface area contributed by atoms with Crippen LogP contribution in [0.3, 0.4) is 0 Å². The molecule has 38 heavy (non-hydrogen) atoms. The molecular formula is C32H39NO5. The van der Waals surface area contributed by atoms with E-state index in [0.29, 0.717) is 19.3 Å². The monoisotopic (exact) mass is 517 g/mol. The van der Waals surface area contributed by atoms with E-state index in [1.54, 1.807) is 6.07 Å². The van der Waals surface area contributed by atoms with Gasteiger partial charge in [0.15, 0.2) is 0 Å². The Kier molecular flexibility index (Phi) is 7.73. The second-order valence-electron chi connectivity index (χ2n) is 11.5. The summed E-state index contributed by atoms with van der Waals surface area (Å²) in [6.07, 6.45) is 7.81. The molecular weight excluding hydrogens is 478 g/mol. The van der Waals surface area contributed by atoms with Gasteiger partial charge < -0.3 is 15.3 Å². The number of rotatable bonds is 7. The fourth-order valence-corrected chi connectivity index (χ4v) is 7.13. The molecule has 0 radical (unpaired) electrons. The van der Waals surface area contributed by atoms with Crippen LogP contribution in [0.15, 0.2) is 53.1 Å². The molecule has 3 aliphatic rings. The standard InChI is InChI=1S/C32H39NO5/c1-19(16-21-13-15-27(35)24-11-7-6-10-23(21)24)12-14-28(36)29-20(2)17-25-30(26(29)18-34)32(38)33(31(25)37)22-8-4-3-5-9-22/h6-7,10-11,13,15-16,22,25-26,28,30,34-36H,3-5,8-9,12,14,17-18H2,1-2H3/b19-16+/t25-,26+,28-,30-/m1/s1. The number of phenols is 1. The first kappa shape index (κ1) is 26.6. The maximum Gasteiger partial charge on any atom is 0.234 e. The number of benzene rings is 2. The van der Waals surface area contributed by atoms with Crippen LogP contribution < -0.4 is 0 Å². The van der Waals surface area contributed by atoms with E-state index in [9.17, 15) is 24.9 Å². The van der Waals surface area contributed by atoms with Gasteiger partial charge in [0.2, 0.25) is 11.8 Å². The molecule has 1 saturated heterocycles. The summed E-state index contributed by atoms with van der Waals surface area (Å²) < 4.78 is 0. The van der Waals surface area contributed by atoms with Crippen molar-refractivity contribution in [1.29, 1.82) is 0 Å². The first-order valence-electron chi connectivity index (χ1n) is 14.0. The summed E-state index contributed by atoms with van der Waals surface area (Å²) in [5.41, 5.74) is 3.76. The SMILES string of the molecule is CC1=C([C@H](O)CC/C(C)=C/c2ccc(O)c3ccccc23)[C@H](CO)[C@@H]2C(=O)N(C3CCCCC3)C(=O)[C@@H]2C1. The van der Waals surface area contributed by atoms with Crippen LogP contribution in [0.1, 0.15) is 70.8 Å². The number of amides is 2. The molecule has 6 nitrogen and oxygen atoms in total. The highest BCUT2D eigenvalue weighted by atomic mass is 16.3. The number of carbonyl (C=O) groups excluding carboxylic acids is 2. The molecule has 2 amide bonds. The van der Waals surface area contributed by atoms with Gasteiger partial charge in [0.25, 0.3) is 0 Å². The highest BCUT2D eigenvalue weighted by molar-refractivity contribution is 6.06.